The van der Waals surface area contributed by atoms with E-state index in [1.165, 1.54) is 6.42 Å². The molecule has 0 atom stereocenters. The normalized spacial score (nSPS) is 14.3. The van der Waals surface area contributed by atoms with E-state index in [1.54, 1.807) is 48.5 Å². The summed E-state index contributed by atoms with van der Waals surface area (Å²) in [6, 6.07) is 13.7. The van der Waals surface area contributed by atoms with Crippen molar-refractivity contribution in [3.63, 3.8) is 0 Å². The summed E-state index contributed by atoms with van der Waals surface area (Å²) in [5.74, 6) is -0.617. The summed E-state index contributed by atoms with van der Waals surface area (Å²) in [6.07, 6.45) is 5.19. The third-order valence-electron chi connectivity index (χ3n) is 5.20. The Labute approximate surface area is 172 Å². The van der Waals surface area contributed by atoms with Crippen LogP contribution in [0.25, 0.3) is 11.4 Å². The van der Waals surface area contributed by atoms with Crippen LogP contribution in [0.2, 0.25) is 0 Å². The van der Waals surface area contributed by atoms with E-state index in [2.05, 4.69) is 25.3 Å². The second-order valence-electron chi connectivity index (χ2n) is 7.38. The van der Waals surface area contributed by atoms with Crippen molar-refractivity contribution in [3.05, 3.63) is 64.6 Å². The number of anilines is 2. The molecule has 1 aromatic heterocycles. The van der Waals surface area contributed by atoms with Gasteiger partial charge in [-0.05, 0) is 43.2 Å². The molecule has 1 aliphatic rings. The first-order valence-corrected chi connectivity index (χ1v) is 9.97. The molecule has 154 valence electrons. The van der Waals surface area contributed by atoms with Gasteiger partial charge in [0.2, 0.25) is 5.91 Å². The molecule has 0 aliphatic heterocycles. The molecule has 30 heavy (non-hydrogen) atoms. The minimum atomic E-state index is -0.647. The van der Waals surface area contributed by atoms with Crippen molar-refractivity contribution in [2.45, 2.75) is 32.1 Å². The second-order valence-corrected chi connectivity index (χ2v) is 7.38. The monoisotopic (exact) mass is 406 g/mol. The quantitative estimate of drug-likeness (QED) is 0.596. The maximum absolute atomic E-state index is 12.7. The third kappa shape index (κ3) is 4.65. The lowest BCUT2D eigenvalue weighted by Gasteiger charge is -2.20. The molecule has 0 bridgehead atoms. The number of carbonyl (C=O) groups is 2. The van der Waals surface area contributed by atoms with Crippen molar-refractivity contribution in [2.75, 3.05) is 10.6 Å². The van der Waals surface area contributed by atoms with Crippen LogP contribution in [0.1, 0.15) is 42.5 Å². The Kier molecular flexibility index (Phi) is 5.74. The van der Waals surface area contributed by atoms with Gasteiger partial charge in [0.1, 0.15) is 0 Å². The fourth-order valence-electron chi connectivity index (χ4n) is 3.65. The average Bonchev–Trinajstić information content (AvgIpc) is 3.21. The number of benzene rings is 2. The van der Waals surface area contributed by atoms with Crippen molar-refractivity contribution in [1.29, 1.82) is 0 Å². The summed E-state index contributed by atoms with van der Waals surface area (Å²) >= 11 is 0. The van der Waals surface area contributed by atoms with Crippen LogP contribution in [-0.4, -0.2) is 22.0 Å². The molecule has 4 rings (SSSR count). The predicted octanol–water partition coefficient (Wildman–Crippen LogP) is 3.80. The van der Waals surface area contributed by atoms with Crippen molar-refractivity contribution < 1.29 is 14.1 Å². The van der Waals surface area contributed by atoms with Gasteiger partial charge in [-0.1, -0.05) is 42.6 Å². The van der Waals surface area contributed by atoms with E-state index in [4.69, 9.17) is 0 Å². The molecule has 0 spiro atoms. The van der Waals surface area contributed by atoms with E-state index >= 15 is 0 Å². The van der Waals surface area contributed by atoms with Gasteiger partial charge in [-0.3, -0.25) is 19.1 Å². The molecule has 2 aromatic carbocycles. The fraction of sp³-hybridized carbons (Fsp3) is 0.273. The number of hydrogen-bond donors (Lipinski definition) is 3. The molecular formula is C22H22N4O4. The van der Waals surface area contributed by atoms with Crippen LogP contribution in [0.15, 0.2) is 57.8 Å². The van der Waals surface area contributed by atoms with Gasteiger partial charge in [0, 0.05) is 28.4 Å². The van der Waals surface area contributed by atoms with E-state index in [1.807, 2.05) is 0 Å². The van der Waals surface area contributed by atoms with E-state index in [9.17, 15) is 14.4 Å². The molecular weight excluding hydrogens is 384 g/mol. The van der Waals surface area contributed by atoms with Gasteiger partial charge in [-0.25, -0.2) is 4.79 Å². The maximum Gasteiger partial charge on any atom is 0.439 e. The highest BCUT2D eigenvalue weighted by Gasteiger charge is 2.21. The minimum absolute atomic E-state index is 0.0153. The number of hydrogen-bond acceptors (Lipinski definition) is 5. The highest BCUT2D eigenvalue weighted by Crippen LogP contribution is 2.25. The van der Waals surface area contributed by atoms with Crippen molar-refractivity contribution in [1.82, 2.24) is 10.1 Å². The highest BCUT2D eigenvalue weighted by atomic mass is 16.5. The Morgan fingerprint density at radius 1 is 0.967 bits per heavy atom. The summed E-state index contributed by atoms with van der Waals surface area (Å²) in [5, 5.41) is 9.40. The van der Waals surface area contributed by atoms with E-state index in [-0.39, 0.29) is 23.6 Å². The summed E-state index contributed by atoms with van der Waals surface area (Å²) in [6.45, 7) is 0. The summed E-state index contributed by atoms with van der Waals surface area (Å²) < 4.78 is 4.51. The molecule has 8 heteroatoms. The Morgan fingerprint density at radius 2 is 1.70 bits per heavy atom. The number of nitrogens with one attached hydrogen (secondary N) is 3. The van der Waals surface area contributed by atoms with Gasteiger partial charge in [-0.15, -0.1) is 0 Å². The van der Waals surface area contributed by atoms with Gasteiger partial charge in [0.25, 0.3) is 5.91 Å². The van der Waals surface area contributed by atoms with Crippen molar-refractivity contribution >= 4 is 23.2 Å². The molecule has 1 heterocycles. The lowest BCUT2D eigenvalue weighted by molar-refractivity contribution is -0.120. The zero-order valence-electron chi connectivity index (χ0n) is 16.3. The Morgan fingerprint density at radius 3 is 2.43 bits per heavy atom. The first kappa shape index (κ1) is 19.6. The predicted molar refractivity (Wildman–Crippen MR) is 112 cm³/mol. The third-order valence-corrected chi connectivity index (χ3v) is 5.20. The van der Waals surface area contributed by atoms with Gasteiger partial charge in [0.05, 0.1) is 0 Å². The number of amides is 2. The smallest absolute Gasteiger partial charge is 0.326 e. The topological polar surface area (TPSA) is 117 Å². The fourth-order valence-corrected chi connectivity index (χ4v) is 3.65. The molecule has 1 fully saturated rings. The van der Waals surface area contributed by atoms with Gasteiger partial charge < -0.3 is 10.6 Å². The Hall–Kier alpha value is -3.68. The molecule has 1 saturated carbocycles. The van der Waals surface area contributed by atoms with Crippen LogP contribution in [0.3, 0.4) is 0 Å². The van der Waals surface area contributed by atoms with Crippen molar-refractivity contribution in [3.8, 4) is 11.4 Å². The maximum atomic E-state index is 12.7. The highest BCUT2D eigenvalue weighted by molar-refractivity contribution is 6.05. The standard InChI is InChI=1S/C22H22N4O4/c27-20(14-6-2-1-3-7-14)23-18-11-5-9-16(13-18)21(28)24-17-10-4-8-15(12-17)19-25-22(29)30-26-19/h4-5,8-14H,1-3,6-7H2,(H,23,27)(H,24,28)(H,25,26,29). The molecule has 0 saturated heterocycles. The molecule has 3 N–H and O–H groups in total. The summed E-state index contributed by atoms with van der Waals surface area (Å²) in [7, 11) is 0. The second kappa shape index (κ2) is 8.77. The first-order chi connectivity index (χ1) is 14.6. The molecule has 1 aliphatic carbocycles. The van der Waals surface area contributed by atoms with Crippen molar-refractivity contribution in [2.24, 2.45) is 5.92 Å². The number of aromatic amines is 1. The summed E-state index contributed by atoms with van der Waals surface area (Å²) in [5.41, 5.74) is 2.17. The lowest BCUT2D eigenvalue weighted by atomic mass is 9.88. The van der Waals surface area contributed by atoms with Crippen LogP contribution in [0.5, 0.6) is 0 Å². The van der Waals surface area contributed by atoms with Crippen LogP contribution in [0, 0.1) is 5.92 Å². The Balaban J connectivity index is 1.44. The molecule has 0 unspecified atom stereocenters. The molecule has 2 amide bonds. The number of aromatic nitrogens is 2. The van der Waals surface area contributed by atoms with E-state index in [0.29, 0.717) is 22.5 Å². The minimum Gasteiger partial charge on any atom is -0.326 e. The SMILES string of the molecule is O=C(Nc1cccc(-c2noc(=O)[nH]2)c1)c1cccc(NC(=O)C2CCCCC2)c1. The van der Waals surface area contributed by atoms with Crippen LogP contribution < -0.4 is 16.4 Å². The van der Waals surface area contributed by atoms with Gasteiger partial charge >= 0.3 is 5.76 Å². The average molecular weight is 406 g/mol. The molecule has 0 radical (unpaired) electrons. The van der Waals surface area contributed by atoms with Gasteiger partial charge in [0.15, 0.2) is 5.82 Å². The zero-order chi connectivity index (χ0) is 20.9. The zero-order valence-corrected chi connectivity index (χ0v) is 16.3. The van der Waals surface area contributed by atoms with Crippen LogP contribution >= 0.6 is 0 Å². The Bertz CT molecular complexity index is 1110. The lowest BCUT2D eigenvalue weighted by Crippen LogP contribution is -2.24. The van der Waals surface area contributed by atoms with E-state index < -0.39 is 5.76 Å². The van der Waals surface area contributed by atoms with Crippen LogP contribution in [-0.2, 0) is 4.79 Å². The molecule has 8 nitrogen and oxygen atoms in total. The summed E-state index contributed by atoms with van der Waals surface area (Å²) in [4.78, 5) is 38.8. The number of H-pyrrole nitrogens is 1. The van der Waals surface area contributed by atoms with E-state index in [0.717, 1.165) is 25.7 Å². The largest absolute Gasteiger partial charge is 0.439 e. The first-order valence-electron chi connectivity index (χ1n) is 9.97. The molecule has 3 aromatic rings. The number of rotatable bonds is 5. The number of carbonyl (C=O) groups excluding carboxylic acids is 2. The van der Waals surface area contributed by atoms with Crippen LogP contribution in [0.4, 0.5) is 11.4 Å². The number of nitrogens with zero attached hydrogens (tertiary/aromatic N) is 1. The van der Waals surface area contributed by atoms with Gasteiger partial charge in [-0.2, -0.15) is 0 Å².